The van der Waals surface area contributed by atoms with Gasteiger partial charge >= 0.3 is 0 Å². The van der Waals surface area contributed by atoms with Gasteiger partial charge in [0.2, 0.25) is 0 Å². The van der Waals surface area contributed by atoms with Crippen LogP contribution in [0.2, 0.25) is 5.02 Å². The van der Waals surface area contributed by atoms with Crippen LogP contribution in [0.25, 0.3) is 11.3 Å². The van der Waals surface area contributed by atoms with Crippen LogP contribution in [0.5, 0.6) is 0 Å². The third-order valence-electron chi connectivity index (χ3n) is 3.79. The summed E-state index contributed by atoms with van der Waals surface area (Å²) in [6.45, 7) is 0. The number of hydrogen-bond donors (Lipinski definition) is 1. The van der Waals surface area contributed by atoms with Crippen LogP contribution in [0.3, 0.4) is 0 Å². The lowest BCUT2D eigenvalue weighted by Gasteiger charge is -2.18. The normalized spacial score (nSPS) is 13.5. The van der Waals surface area contributed by atoms with Gasteiger partial charge in [0.1, 0.15) is 0 Å². The Bertz CT molecular complexity index is 900. The second-order valence-electron chi connectivity index (χ2n) is 5.12. The lowest BCUT2D eigenvalue weighted by molar-refractivity contribution is 0.0926. The molecule has 0 atom stereocenters. The van der Waals surface area contributed by atoms with Gasteiger partial charge in [-0.1, -0.05) is 23.7 Å². The fourth-order valence-corrected chi connectivity index (χ4v) is 2.90. The van der Waals surface area contributed by atoms with Gasteiger partial charge in [0, 0.05) is 16.8 Å². The van der Waals surface area contributed by atoms with Crippen molar-refractivity contribution in [1.82, 2.24) is 10.2 Å². The predicted molar refractivity (Wildman–Crippen MR) is 86.6 cm³/mol. The molecule has 0 saturated carbocycles. The molecule has 23 heavy (non-hydrogen) atoms. The van der Waals surface area contributed by atoms with Crippen LogP contribution in [0.15, 0.2) is 54.7 Å². The Balaban J connectivity index is 1.91. The minimum atomic E-state index is -0.353. The highest BCUT2D eigenvalue weighted by Gasteiger charge is 2.37. The molecule has 3 aromatic rings. The number of carbonyl (C=O) groups excluding carboxylic acids is 2. The van der Waals surface area contributed by atoms with Gasteiger partial charge in [-0.05, 0) is 36.4 Å². The van der Waals surface area contributed by atoms with Crippen LogP contribution in [-0.4, -0.2) is 22.0 Å². The number of rotatable bonds is 2. The van der Waals surface area contributed by atoms with Crippen molar-refractivity contribution >= 4 is 29.1 Å². The van der Waals surface area contributed by atoms with E-state index >= 15 is 0 Å². The van der Waals surface area contributed by atoms with E-state index < -0.39 is 0 Å². The molecule has 0 aliphatic carbocycles. The van der Waals surface area contributed by atoms with Crippen LogP contribution < -0.4 is 4.90 Å². The number of benzene rings is 2. The van der Waals surface area contributed by atoms with E-state index in [9.17, 15) is 9.59 Å². The van der Waals surface area contributed by atoms with E-state index in [2.05, 4.69) is 10.2 Å². The van der Waals surface area contributed by atoms with Gasteiger partial charge in [-0.15, -0.1) is 0 Å². The Morgan fingerprint density at radius 2 is 1.61 bits per heavy atom. The average Bonchev–Trinajstić information content (AvgIpc) is 3.16. The van der Waals surface area contributed by atoms with E-state index in [-0.39, 0.29) is 11.8 Å². The summed E-state index contributed by atoms with van der Waals surface area (Å²) in [5.74, 6) is -0.706. The molecule has 0 radical (unpaired) electrons. The molecule has 1 N–H and O–H groups in total. The van der Waals surface area contributed by atoms with Crippen molar-refractivity contribution < 1.29 is 9.59 Å². The van der Waals surface area contributed by atoms with Crippen LogP contribution in [0, 0.1) is 0 Å². The lowest BCUT2D eigenvalue weighted by atomic mass is 10.1. The molecular weight excluding hydrogens is 314 g/mol. The fourth-order valence-electron chi connectivity index (χ4n) is 2.73. The number of hydrogen-bond acceptors (Lipinski definition) is 3. The van der Waals surface area contributed by atoms with Gasteiger partial charge in [-0.3, -0.25) is 14.7 Å². The molecule has 0 saturated heterocycles. The first-order valence-electron chi connectivity index (χ1n) is 6.94. The van der Waals surface area contributed by atoms with Crippen molar-refractivity contribution in [2.45, 2.75) is 0 Å². The first-order chi connectivity index (χ1) is 11.2. The van der Waals surface area contributed by atoms with Gasteiger partial charge in [-0.2, -0.15) is 5.10 Å². The molecule has 0 bridgehead atoms. The second kappa shape index (κ2) is 5.07. The average molecular weight is 324 g/mol. The third kappa shape index (κ3) is 2.05. The smallest absolute Gasteiger partial charge is 0.266 e. The number of fused-ring (bicyclic) bond motifs is 1. The molecule has 112 valence electrons. The quantitative estimate of drug-likeness (QED) is 0.734. The zero-order valence-electron chi connectivity index (χ0n) is 11.8. The molecule has 2 amide bonds. The van der Waals surface area contributed by atoms with Gasteiger partial charge < -0.3 is 0 Å². The van der Waals surface area contributed by atoms with Crippen molar-refractivity contribution in [3.63, 3.8) is 0 Å². The van der Waals surface area contributed by atoms with Crippen LogP contribution in [-0.2, 0) is 0 Å². The highest BCUT2D eigenvalue weighted by atomic mass is 35.5. The zero-order chi connectivity index (χ0) is 16.0. The Morgan fingerprint density at radius 1 is 0.913 bits per heavy atom. The molecule has 0 spiro atoms. The van der Waals surface area contributed by atoms with Gasteiger partial charge in [0.05, 0.1) is 22.5 Å². The molecule has 4 rings (SSSR count). The number of imide groups is 1. The maximum atomic E-state index is 12.7. The summed E-state index contributed by atoms with van der Waals surface area (Å²) in [6, 6.07) is 13.6. The number of halogens is 1. The number of carbonyl (C=O) groups is 2. The molecular formula is C17H10ClN3O2. The van der Waals surface area contributed by atoms with Crippen molar-refractivity contribution in [2.75, 3.05) is 4.90 Å². The number of anilines is 1. The summed E-state index contributed by atoms with van der Waals surface area (Å²) < 4.78 is 0. The maximum Gasteiger partial charge on any atom is 0.266 e. The zero-order valence-corrected chi connectivity index (χ0v) is 12.5. The van der Waals surface area contributed by atoms with E-state index in [4.69, 9.17) is 11.6 Å². The minimum absolute atomic E-state index is 0.353. The Morgan fingerprint density at radius 3 is 2.22 bits per heavy atom. The van der Waals surface area contributed by atoms with Crippen molar-refractivity contribution in [1.29, 1.82) is 0 Å². The molecule has 0 unspecified atom stereocenters. The van der Waals surface area contributed by atoms with Crippen LogP contribution in [0.4, 0.5) is 5.69 Å². The monoisotopic (exact) mass is 323 g/mol. The summed E-state index contributed by atoms with van der Waals surface area (Å²) in [6.07, 6.45) is 1.61. The predicted octanol–water partition coefficient (Wildman–Crippen LogP) is 3.53. The maximum absolute atomic E-state index is 12.7. The summed E-state index contributed by atoms with van der Waals surface area (Å²) in [5.41, 5.74) is 2.61. The Kier molecular flexibility index (Phi) is 3.02. The van der Waals surface area contributed by atoms with Gasteiger partial charge in [0.15, 0.2) is 0 Å². The second-order valence-corrected chi connectivity index (χ2v) is 5.56. The number of aromatic nitrogens is 2. The van der Waals surface area contributed by atoms with E-state index in [1.165, 1.54) is 0 Å². The molecule has 2 aromatic carbocycles. The summed E-state index contributed by atoms with van der Waals surface area (Å²) in [4.78, 5) is 26.5. The first-order valence-corrected chi connectivity index (χ1v) is 7.32. The molecule has 6 heteroatoms. The molecule has 5 nitrogen and oxygen atoms in total. The first kappa shape index (κ1) is 13.7. The third-order valence-corrected chi connectivity index (χ3v) is 4.02. The van der Waals surface area contributed by atoms with Crippen LogP contribution in [0.1, 0.15) is 20.7 Å². The summed E-state index contributed by atoms with van der Waals surface area (Å²) in [7, 11) is 0. The highest BCUT2D eigenvalue weighted by molar-refractivity contribution is 6.36. The summed E-state index contributed by atoms with van der Waals surface area (Å²) in [5, 5.41) is 7.21. The SMILES string of the molecule is O=C1c2ccccc2C(=O)N1c1cc(Cl)ccc1-c1ccn[nH]1. The molecule has 0 fully saturated rings. The van der Waals surface area contributed by atoms with E-state index in [0.717, 1.165) is 4.90 Å². The lowest BCUT2D eigenvalue weighted by Crippen LogP contribution is -2.29. The van der Waals surface area contributed by atoms with Crippen molar-refractivity contribution in [3.05, 3.63) is 70.9 Å². The van der Waals surface area contributed by atoms with Gasteiger partial charge in [0.25, 0.3) is 11.8 Å². The Labute approximate surface area is 136 Å². The van der Waals surface area contributed by atoms with Crippen molar-refractivity contribution in [2.24, 2.45) is 0 Å². The summed E-state index contributed by atoms with van der Waals surface area (Å²) >= 11 is 6.09. The minimum Gasteiger partial charge on any atom is -0.278 e. The van der Waals surface area contributed by atoms with Crippen molar-refractivity contribution in [3.8, 4) is 11.3 Å². The van der Waals surface area contributed by atoms with E-state index in [1.54, 1.807) is 54.7 Å². The standard InChI is InChI=1S/C17H10ClN3O2/c18-10-5-6-13(14-7-8-19-20-14)15(9-10)21-16(22)11-3-1-2-4-12(11)17(21)23/h1-9H,(H,19,20). The van der Waals surface area contributed by atoms with E-state index in [0.29, 0.717) is 33.1 Å². The largest absolute Gasteiger partial charge is 0.278 e. The molecule has 1 aliphatic heterocycles. The number of H-pyrrole nitrogens is 1. The topological polar surface area (TPSA) is 66.1 Å². The Hall–Kier alpha value is -2.92. The number of aromatic amines is 1. The number of nitrogens with zero attached hydrogens (tertiary/aromatic N) is 2. The fraction of sp³-hybridized carbons (Fsp3) is 0. The van der Waals surface area contributed by atoms with Crippen LogP contribution >= 0.6 is 11.6 Å². The number of amides is 2. The molecule has 2 heterocycles. The highest BCUT2D eigenvalue weighted by Crippen LogP contribution is 2.36. The number of nitrogens with one attached hydrogen (secondary N) is 1. The molecule has 1 aliphatic rings. The molecule has 1 aromatic heterocycles. The van der Waals surface area contributed by atoms with E-state index in [1.807, 2.05) is 0 Å². The van der Waals surface area contributed by atoms with Gasteiger partial charge in [-0.25, -0.2) is 4.90 Å².